The van der Waals surface area contributed by atoms with E-state index < -0.39 is 0 Å². The molecule has 1 unspecified atom stereocenters. The van der Waals surface area contributed by atoms with Crippen LogP contribution in [0, 0.1) is 12.3 Å². The molecule has 3 nitrogen and oxygen atoms in total. The number of rotatable bonds is 3. The fourth-order valence-electron chi connectivity index (χ4n) is 1.01. The average molecular weight is 175 g/mol. The van der Waals surface area contributed by atoms with Gasteiger partial charge >= 0.3 is 0 Å². The molecule has 0 aromatic carbocycles. The van der Waals surface area contributed by atoms with Crippen LogP contribution in [-0.2, 0) is 0 Å². The Balaban J connectivity index is 2.59. The molecule has 0 aliphatic rings. The summed E-state index contributed by atoms with van der Waals surface area (Å²) in [4.78, 5) is 4.09. The number of pyridine rings is 1. The van der Waals surface area contributed by atoms with Crippen LogP contribution in [0.2, 0.25) is 0 Å². The Labute approximate surface area is 78.4 Å². The zero-order valence-corrected chi connectivity index (χ0v) is 7.62. The van der Waals surface area contributed by atoms with Crippen LogP contribution in [0.4, 0.5) is 11.6 Å². The average Bonchev–Trinajstić information content (AvgIpc) is 2.04. The normalized spacial score (nSPS) is 11.7. The van der Waals surface area contributed by atoms with Crippen molar-refractivity contribution < 1.29 is 0 Å². The molecule has 68 valence electrons. The molecule has 0 spiro atoms. The van der Waals surface area contributed by atoms with E-state index >= 15 is 0 Å². The first kappa shape index (κ1) is 9.40. The molecule has 0 saturated carbocycles. The van der Waals surface area contributed by atoms with Gasteiger partial charge in [0.25, 0.3) is 0 Å². The molecule has 0 aliphatic heterocycles. The Morgan fingerprint density at radius 3 is 3.08 bits per heavy atom. The van der Waals surface area contributed by atoms with Gasteiger partial charge < -0.3 is 11.1 Å². The van der Waals surface area contributed by atoms with E-state index in [1.807, 2.05) is 19.1 Å². The Bertz CT molecular complexity index is 314. The largest absolute Gasteiger partial charge is 0.384 e. The van der Waals surface area contributed by atoms with Crippen molar-refractivity contribution in [2.45, 2.75) is 19.4 Å². The van der Waals surface area contributed by atoms with Crippen molar-refractivity contribution in [3.05, 3.63) is 18.2 Å². The van der Waals surface area contributed by atoms with Gasteiger partial charge in [-0.2, -0.15) is 0 Å². The number of anilines is 2. The third kappa shape index (κ3) is 3.04. The monoisotopic (exact) mass is 175 g/mol. The number of hydrogen-bond donors (Lipinski definition) is 2. The maximum atomic E-state index is 5.52. The number of nitrogens with two attached hydrogens (primary N) is 1. The first-order valence-corrected chi connectivity index (χ1v) is 4.15. The smallest absolute Gasteiger partial charge is 0.128 e. The van der Waals surface area contributed by atoms with Gasteiger partial charge in [0, 0.05) is 12.5 Å². The quantitative estimate of drug-likeness (QED) is 0.684. The van der Waals surface area contributed by atoms with Crippen molar-refractivity contribution >= 4 is 11.6 Å². The standard InChI is InChI=1S/C10H13N3/c1-3-5-8(2)12-10-7-4-6-9(11)13-10/h1,4,6-8H,5H2,2H3,(H3,11,12,13). The molecule has 1 heterocycles. The molecule has 0 bridgehead atoms. The number of nitrogen functional groups attached to an aromatic ring is 1. The Morgan fingerprint density at radius 2 is 2.46 bits per heavy atom. The highest BCUT2D eigenvalue weighted by Crippen LogP contribution is 2.07. The van der Waals surface area contributed by atoms with E-state index in [1.54, 1.807) is 6.07 Å². The van der Waals surface area contributed by atoms with E-state index in [0.29, 0.717) is 12.2 Å². The second-order valence-corrected chi connectivity index (χ2v) is 2.90. The minimum Gasteiger partial charge on any atom is -0.384 e. The van der Waals surface area contributed by atoms with Crippen molar-refractivity contribution in [3.8, 4) is 12.3 Å². The van der Waals surface area contributed by atoms with Crippen LogP contribution in [0.3, 0.4) is 0 Å². The molecule has 13 heavy (non-hydrogen) atoms. The van der Waals surface area contributed by atoms with E-state index in [-0.39, 0.29) is 6.04 Å². The zero-order valence-electron chi connectivity index (χ0n) is 7.62. The molecule has 0 saturated heterocycles. The lowest BCUT2D eigenvalue weighted by Crippen LogP contribution is -2.15. The lowest BCUT2D eigenvalue weighted by atomic mass is 10.2. The highest BCUT2D eigenvalue weighted by Gasteiger charge is 2.00. The Morgan fingerprint density at radius 1 is 1.69 bits per heavy atom. The lowest BCUT2D eigenvalue weighted by Gasteiger charge is -2.11. The van der Waals surface area contributed by atoms with Crippen molar-refractivity contribution in [2.24, 2.45) is 0 Å². The van der Waals surface area contributed by atoms with Crippen LogP contribution < -0.4 is 11.1 Å². The van der Waals surface area contributed by atoms with Gasteiger partial charge in [0.05, 0.1) is 0 Å². The topological polar surface area (TPSA) is 50.9 Å². The summed E-state index contributed by atoms with van der Waals surface area (Å²) in [5.41, 5.74) is 5.52. The van der Waals surface area contributed by atoms with Crippen molar-refractivity contribution in [1.82, 2.24) is 4.98 Å². The third-order valence-electron chi connectivity index (χ3n) is 1.59. The molecule has 0 aliphatic carbocycles. The highest BCUT2D eigenvalue weighted by atomic mass is 15.0. The van der Waals surface area contributed by atoms with Gasteiger partial charge in [-0.3, -0.25) is 0 Å². The zero-order chi connectivity index (χ0) is 9.68. The molecule has 0 amide bonds. The van der Waals surface area contributed by atoms with E-state index in [2.05, 4.69) is 16.2 Å². The van der Waals surface area contributed by atoms with Crippen LogP contribution in [-0.4, -0.2) is 11.0 Å². The van der Waals surface area contributed by atoms with Gasteiger partial charge in [-0.1, -0.05) is 6.07 Å². The van der Waals surface area contributed by atoms with Crippen LogP contribution >= 0.6 is 0 Å². The molecule has 0 fully saturated rings. The summed E-state index contributed by atoms with van der Waals surface area (Å²) >= 11 is 0. The number of hydrogen-bond acceptors (Lipinski definition) is 3. The SMILES string of the molecule is C#CCC(C)Nc1cccc(N)n1. The molecule has 1 atom stereocenters. The van der Waals surface area contributed by atoms with Crippen molar-refractivity contribution in [2.75, 3.05) is 11.1 Å². The number of aromatic nitrogens is 1. The van der Waals surface area contributed by atoms with Crippen LogP contribution in [0.5, 0.6) is 0 Å². The fraction of sp³-hybridized carbons (Fsp3) is 0.300. The van der Waals surface area contributed by atoms with E-state index in [9.17, 15) is 0 Å². The minimum atomic E-state index is 0.222. The van der Waals surface area contributed by atoms with E-state index in [0.717, 1.165) is 5.82 Å². The first-order chi connectivity index (χ1) is 6.22. The van der Waals surface area contributed by atoms with Crippen LogP contribution in [0.15, 0.2) is 18.2 Å². The van der Waals surface area contributed by atoms with Crippen molar-refractivity contribution in [3.63, 3.8) is 0 Å². The molecular formula is C10H13N3. The summed E-state index contributed by atoms with van der Waals surface area (Å²) in [6, 6.07) is 5.69. The number of nitrogens with zero attached hydrogens (tertiary/aromatic N) is 1. The van der Waals surface area contributed by atoms with Crippen LogP contribution in [0.1, 0.15) is 13.3 Å². The fourth-order valence-corrected chi connectivity index (χ4v) is 1.01. The molecular weight excluding hydrogens is 162 g/mol. The molecule has 3 N–H and O–H groups in total. The summed E-state index contributed by atoms with van der Waals surface area (Å²) in [5.74, 6) is 3.86. The number of terminal acetylenes is 1. The van der Waals surface area contributed by atoms with E-state index in [1.165, 1.54) is 0 Å². The molecule has 1 rings (SSSR count). The van der Waals surface area contributed by atoms with Gasteiger partial charge in [-0.05, 0) is 19.1 Å². The van der Waals surface area contributed by atoms with Crippen molar-refractivity contribution in [1.29, 1.82) is 0 Å². The second-order valence-electron chi connectivity index (χ2n) is 2.90. The van der Waals surface area contributed by atoms with Crippen LogP contribution in [0.25, 0.3) is 0 Å². The maximum absolute atomic E-state index is 5.52. The molecule has 3 heteroatoms. The second kappa shape index (κ2) is 4.36. The predicted octanol–water partition coefficient (Wildman–Crippen LogP) is 1.49. The third-order valence-corrected chi connectivity index (χ3v) is 1.59. The number of nitrogens with one attached hydrogen (secondary N) is 1. The van der Waals surface area contributed by atoms with E-state index in [4.69, 9.17) is 12.2 Å². The van der Waals surface area contributed by atoms with Gasteiger partial charge in [0.15, 0.2) is 0 Å². The van der Waals surface area contributed by atoms with Gasteiger partial charge in [0.2, 0.25) is 0 Å². The molecule has 1 aromatic heterocycles. The highest BCUT2D eigenvalue weighted by molar-refractivity contribution is 5.42. The first-order valence-electron chi connectivity index (χ1n) is 4.15. The lowest BCUT2D eigenvalue weighted by molar-refractivity contribution is 0.822. The molecule has 1 aromatic rings. The summed E-state index contributed by atoms with van der Waals surface area (Å²) in [6.07, 6.45) is 5.85. The summed E-state index contributed by atoms with van der Waals surface area (Å²) in [5, 5.41) is 3.15. The Kier molecular flexibility index (Phi) is 3.15. The van der Waals surface area contributed by atoms with Gasteiger partial charge in [-0.25, -0.2) is 4.98 Å². The predicted molar refractivity (Wildman–Crippen MR) is 55.2 cm³/mol. The summed E-state index contributed by atoms with van der Waals surface area (Å²) < 4.78 is 0. The van der Waals surface area contributed by atoms with Gasteiger partial charge in [0.1, 0.15) is 11.6 Å². The summed E-state index contributed by atoms with van der Waals surface area (Å²) in [6.45, 7) is 2.00. The van der Waals surface area contributed by atoms with Gasteiger partial charge in [-0.15, -0.1) is 12.3 Å². The minimum absolute atomic E-state index is 0.222. The Hall–Kier alpha value is -1.69. The molecule has 0 radical (unpaired) electrons. The maximum Gasteiger partial charge on any atom is 0.128 e. The summed E-state index contributed by atoms with van der Waals surface area (Å²) in [7, 11) is 0.